The summed E-state index contributed by atoms with van der Waals surface area (Å²) in [5.41, 5.74) is 15.0. The third kappa shape index (κ3) is 13.2. The number of unbranched alkanes of at least 4 members (excludes halogenated alkanes) is 2. The molecule has 1 heterocycles. The Morgan fingerprint density at radius 2 is 1.60 bits per heavy atom. The molecular weight excluding hydrogens is 585 g/mol. The molecule has 0 atom stereocenters. The van der Waals surface area contributed by atoms with E-state index in [1.807, 2.05) is 37.3 Å². The highest BCUT2D eigenvalue weighted by Crippen LogP contribution is 2.18. The van der Waals surface area contributed by atoms with E-state index < -0.39 is 9.84 Å². The Balaban J connectivity index is 1.36. The number of allylic oxidation sites excluding steroid dienone is 3. The number of carbonyl (C=O) groups is 2. The molecule has 2 amide bonds. The number of hydrogen-bond acceptors (Lipinski definition) is 9. The fourth-order valence-electron chi connectivity index (χ4n) is 4.19. The second-order valence-electron chi connectivity index (χ2n) is 10.3. The van der Waals surface area contributed by atoms with E-state index in [2.05, 4.69) is 20.8 Å². The molecule has 12 heteroatoms. The van der Waals surface area contributed by atoms with Gasteiger partial charge in [0.05, 0.1) is 24.3 Å². The topological polar surface area (TPSA) is 170 Å². The number of amides is 2. The first-order chi connectivity index (χ1) is 20.6. The Morgan fingerprint density at radius 1 is 0.884 bits per heavy atom. The van der Waals surface area contributed by atoms with E-state index >= 15 is 0 Å². The molecule has 2 aromatic carbocycles. The van der Waals surface area contributed by atoms with Gasteiger partial charge in [0.25, 0.3) is 0 Å². The smallest absolute Gasteiger partial charge is 0.230 e. The van der Waals surface area contributed by atoms with Crippen LogP contribution in [0, 0.1) is 0 Å². The van der Waals surface area contributed by atoms with Crippen LogP contribution in [0.1, 0.15) is 60.7 Å². The number of nitrogens with zero attached hydrogens (tertiary/aromatic N) is 2. The first kappa shape index (κ1) is 33.5. The molecule has 230 valence electrons. The normalized spacial score (nSPS) is 12.2. The summed E-state index contributed by atoms with van der Waals surface area (Å²) in [6.07, 6.45) is 8.06. The second kappa shape index (κ2) is 17.2. The van der Waals surface area contributed by atoms with Crippen molar-refractivity contribution in [2.45, 2.75) is 64.0 Å². The van der Waals surface area contributed by atoms with Crippen molar-refractivity contribution in [2.75, 3.05) is 11.1 Å². The molecular formula is C31H40N6O4S2. The van der Waals surface area contributed by atoms with Crippen molar-refractivity contribution in [2.24, 2.45) is 11.5 Å². The summed E-state index contributed by atoms with van der Waals surface area (Å²) in [5, 5.41) is 15.0. The van der Waals surface area contributed by atoms with E-state index in [1.165, 1.54) is 11.3 Å². The van der Waals surface area contributed by atoms with Gasteiger partial charge in [-0.05, 0) is 54.5 Å². The third-order valence-electron chi connectivity index (χ3n) is 6.34. The maximum absolute atomic E-state index is 12.5. The predicted octanol–water partition coefficient (Wildman–Crippen LogP) is 4.15. The Morgan fingerprint density at radius 3 is 2.37 bits per heavy atom. The largest absolute Gasteiger partial charge is 0.402 e. The molecule has 0 unspecified atom stereocenters. The van der Waals surface area contributed by atoms with Crippen molar-refractivity contribution < 1.29 is 18.0 Å². The van der Waals surface area contributed by atoms with Gasteiger partial charge in [0.15, 0.2) is 9.84 Å². The number of carbonyl (C=O) groups excluding carboxylic acids is 2. The zero-order chi connectivity index (χ0) is 31.1. The minimum atomic E-state index is -3.18. The van der Waals surface area contributed by atoms with Gasteiger partial charge in [-0.15, -0.1) is 10.2 Å². The SMILES string of the molecule is CCCCS(=O)(=O)Cc1cccc(CC(=O)N/C(N)=C/C=C(\N)CCCCc2nnc(NC(=O)Cc3ccccc3)s2)c1. The quantitative estimate of drug-likeness (QED) is 0.128. The number of hydrogen-bond donors (Lipinski definition) is 4. The van der Waals surface area contributed by atoms with Gasteiger partial charge >= 0.3 is 0 Å². The molecule has 0 bridgehead atoms. The number of nitrogens with one attached hydrogen (secondary N) is 2. The van der Waals surface area contributed by atoms with E-state index in [1.54, 1.807) is 36.4 Å². The van der Waals surface area contributed by atoms with Gasteiger partial charge in [-0.3, -0.25) is 9.59 Å². The van der Waals surface area contributed by atoms with E-state index in [0.717, 1.165) is 36.3 Å². The van der Waals surface area contributed by atoms with Crippen molar-refractivity contribution in [3.8, 4) is 0 Å². The Kier molecular flexibility index (Phi) is 13.4. The molecule has 0 spiro atoms. The molecule has 3 aromatic rings. The van der Waals surface area contributed by atoms with Crippen LogP contribution in [-0.4, -0.2) is 36.2 Å². The molecule has 10 nitrogen and oxygen atoms in total. The molecule has 6 N–H and O–H groups in total. The van der Waals surface area contributed by atoms with Crippen LogP contribution in [0.2, 0.25) is 0 Å². The summed E-state index contributed by atoms with van der Waals surface area (Å²) in [6, 6.07) is 16.5. The van der Waals surface area contributed by atoms with Crippen LogP contribution in [0.25, 0.3) is 0 Å². The van der Waals surface area contributed by atoms with Crippen LogP contribution >= 0.6 is 11.3 Å². The van der Waals surface area contributed by atoms with Gasteiger partial charge in [0, 0.05) is 12.1 Å². The highest BCUT2D eigenvalue weighted by Gasteiger charge is 2.13. The summed E-state index contributed by atoms with van der Waals surface area (Å²) < 4.78 is 24.5. The Hall–Kier alpha value is -4.03. The van der Waals surface area contributed by atoms with Crippen LogP contribution < -0.4 is 22.1 Å². The van der Waals surface area contributed by atoms with Crippen LogP contribution in [0.5, 0.6) is 0 Å². The molecule has 0 aliphatic heterocycles. The summed E-state index contributed by atoms with van der Waals surface area (Å²) in [6.45, 7) is 1.96. The van der Waals surface area contributed by atoms with Crippen molar-refractivity contribution >= 4 is 38.1 Å². The molecule has 1 aromatic heterocycles. The number of aromatic nitrogens is 2. The Bertz CT molecular complexity index is 1520. The Labute approximate surface area is 257 Å². The fraction of sp³-hybridized carbons (Fsp3) is 0.355. The third-order valence-corrected chi connectivity index (χ3v) is 8.92. The molecule has 0 radical (unpaired) electrons. The molecule has 43 heavy (non-hydrogen) atoms. The van der Waals surface area contributed by atoms with E-state index in [0.29, 0.717) is 34.8 Å². The monoisotopic (exact) mass is 624 g/mol. The van der Waals surface area contributed by atoms with Crippen LogP contribution in [0.15, 0.2) is 78.3 Å². The lowest BCUT2D eigenvalue weighted by Crippen LogP contribution is -2.28. The van der Waals surface area contributed by atoms with Gasteiger partial charge in [-0.1, -0.05) is 79.3 Å². The van der Waals surface area contributed by atoms with Crippen molar-refractivity contribution in [1.82, 2.24) is 15.5 Å². The number of aryl methyl sites for hydroxylation is 1. The van der Waals surface area contributed by atoms with Crippen LogP contribution in [0.3, 0.4) is 0 Å². The number of sulfone groups is 1. The van der Waals surface area contributed by atoms with Crippen molar-refractivity contribution in [1.29, 1.82) is 0 Å². The van der Waals surface area contributed by atoms with Crippen molar-refractivity contribution in [3.05, 3.63) is 100.0 Å². The van der Waals surface area contributed by atoms with Crippen LogP contribution in [-0.2, 0) is 44.4 Å². The van der Waals surface area contributed by atoms with Gasteiger partial charge in [-0.25, -0.2) is 8.42 Å². The molecule has 3 rings (SSSR count). The zero-order valence-corrected chi connectivity index (χ0v) is 26.1. The lowest BCUT2D eigenvalue weighted by atomic mass is 10.1. The van der Waals surface area contributed by atoms with E-state index in [-0.39, 0.29) is 42.0 Å². The first-order valence-corrected chi connectivity index (χ1v) is 16.9. The minimum Gasteiger partial charge on any atom is -0.402 e. The summed E-state index contributed by atoms with van der Waals surface area (Å²) in [5.74, 6) is -0.145. The number of anilines is 1. The summed E-state index contributed by atoms with van der Waals surface area (Å²) >= 11 is 1.36. The predicted molar refractivity (Wildman–Crippen MR) is 171 cm³/mol. The number of nitrogens with two attached hydrogens (primary N) is 2. The van der Waals surface area contributed by atoms with Gasteiger partial charge in [0.2, 0.25) is 16.9 Å². The average Bonchev–Trinajstić information content (AvgIpc) is 3.40. The standard InChI is InChI=1S/C31H40N6O4S2/c1-2-3-18-43(40,41)22-25-13-9-12-24(19-25)21-28(38)34-27(33)17-16-26(32)14-7-8-15-30-36-37-31(42-30)35-29(39)20-23-10-5-4-6-11-23/h4-6,9-13,16-17,19H,2-3,7-8,14-15,18,20-22,32-33H2,1H3,(H,34,38)(H,35,37,39)/b26-16-,27-17+. The van der Waals surface area contributed by atoms with Gasteiger partial charge < -0.3 is 22.1 Å². The van der Waals surface area contributed by atoms with Crippen molar-refractivity contribution in [3.63, 3.8) is 0 Å². The lowest BCUT2D eigenvalue weighted by Gasteiger charge is -2.08. The molecule has 0 fully saturated rings. The highest BCUT2D eigenvalue weighted by molar-refractivity contribution is 7.90. The lowest BCUT2D eigenvalue weighted by molar-refractivity contribution is -0.119. The minimum absolute atomic E-state index is 0.0380. The van der Waals surface area contributed by atoms with Gasteiger partial charge in [-0.2, -0.15) is 0 Å². The molecule has 0 aliphatic carbocycles. The molecule has 0 aliphatic rings. The number of benzene rings is 2. The number of rotatable bonds is 17. The average molecular weight is 625 g/mol. The highest BCUT2D eigenvalue weighted by atomic mass is 32.2. The first-order valence-electron chi connectivity index (χ1n) is 14.3. The molecule has 0 saturated carbocycles. The summed E-state index contributed by atoms with van der Waals surface area (Å²) in [7, 11) is -3.18. The zero-order valence-electron chi connectivity index (χ0n) is 24.4. The fourth-order valence-corrected chi connectivity index (χ4v) is 6.55. The van der Waals surface area contributed by atoms with Gasteiger partial charge in [0.1, 0.15) is 10.8 Å². The van der Waals surface area contributed by atoms with Crippen LogP contribution in [0.4, 0.5) is 5.13 Å². The molecule has 0 saturated heterocycles. The van der Waals surface area contributed by atoms with E-state index in [9.17, 15) is 18.0 Å². The van der Waals surface area contributed by atoms with E-state index in [4.69, 9.17) is 11.5 Å². The summed E-state index contributed by atoms with van der Waals surface area (Å²) in [4.78, 5) is 24.7. The maximum Gasteiger partial charge on any atom is 0.230 e. The maximum atomic E-state index is 12.5. The second-order valence-corrected chi connectivity index (χ2v) is 13.5.